The van der Waals surface area contributed by atoms with Crippen LogP contribution in [0.4, 0.5) is 4.39 Å². The van der Waals surface area contributed by atoms with Crippen LogP contribution in [-0.4, -0.2) is 5.78 Å². The van der Waals surface area contributed by atoms with E-state index in [0.29, 0.717) is 5.56 Å². The summed E-state index contributed by atoms with van der Waals surface area (Å²) in [6, 6.07) is 4.86. The van der Waals surface area contributed by atoms with Crippen LogP contribution >= 0.6 is 0 Å². The van der Waals surface area contributed by atoms with Crippen LogP contribution < -0.4 is 0 Å². The lowest BCUT2D eigenvalue weighted by Crippen LogP contribution is -2.21. The zero-order chi connectivity index (χ0) is 9.42. The first-order valence-electron chi connectivity index (χ1n) is 4.51. The fourth-order valence-corrected chi connectivity index (χ4v) is 1.80. The highest BCUT2D eigenvalue weighted by molar-refractivity contribution is 6.00. The van der Waals surface area contributed by atoms with Crippen molar-refractivity contribution in [2.75, 3.05) is 0 Å². The minimum Gasteiger partial charge on any atom is -0.294 e. The minimum atomic E-state index is -0.367. The van der Waals surface area contributed by atoms with Gasteiger partial charge in [-0.25, -0.2) is 4.39 Å². The smallest absolute Gasteiger partial charge is 0.168 e. The van der Waals surface area contributed by atoms with Crippen molar-refractivity contribution in [3.63, 3.8) is 0 Å². The summed E-state index contributed by atoms with van der Waals surface area (Å²) < 4.78 is 13.3. The summed E-state index contributed by atoms with van der Waals surface area (Å²) in [6.45, 7) is 1.86. The molecule has 1 unspecified atom stereocenters. The molecule has 0 saturated heterocycles. The van der Waals surface area contributed by atoms with Crippen molar-refractivity contribution < 1.29 is 9.18 Å². The summed E-state index contributed by atoms with van der Waals surface area (Å²) in [7, 11) is 0. The molecule has 2 rings (SSSR count). The summed E-state index contributed by atoms with van der Waals surface area (Å²) in [5.74, 6) is -0.433. The molecule has 0 spiro atoms. The van der Waals surface area contributed by atoms with Crippen LogP contribution in [0.1, 0.15) is 29.3 Å². The Morgan fingerprint density at radius 1 is 1.46 bits per heavy atom. The molecule has 0 N–H and O–H groups in total. The first-order valence-corrected chi connectivity index (χ1v) is 4.51. The topological polar surface area (TPSA) is 17.1 Å². The van der Waals surface area contributed by atoms with E-state index >= 15 is 0 Å². The second kappa shape index (κ2) is 2.95. The molecule has 0 aromatic heterocycles. The first kappa shape index (κ1) is 8.42. The molecule has 1 nitrogen and oxygen atoms in total. The normalized spacial score (nSPS) is 21.4. The third-order valence-electron chi connectivity index (χ3n) is 2.64. The summed E-state index contributed by atoms with van der Waals surface area (Å²) in [5, 5.41) is 0. The number of carbonyl (C=O) groups is 1. The maximum Gasteiger partial charge on any atom is 0.168 e. The molecule has 0 aliphatic heterocycles. The van der Waals surface area contributed by atoms with Gasteiger partial charge in [0.15, 0.2) is 5.78 Å². The van der Waals surface area contributed by atoms with Gasteiger partial charge >= 0.3 is 0 Å². The van der Waals surface area contributed by atoms with Crippen LogP contribution in [0.2, 0.25) is 0 Å². The number of hydrogen-bond acceptors (Lipinski definition) is 1. The molecular formula is C11H11FO. The van der Waals surface area contributed by atoms with E-state index in [1.54, 1.807) is 6.07 Å². The minimum absolute atomic E-state index is 0.0237. The SMILES string of the molecule is CC1CCc2cccc(F)c2C1=O. The summed E-state index contributed by atoms with van der Waals surface area (Å²) in [4.78, 5) is 11.6. The van der Waals surface area contributed by atoms with Gasteiger partial charge in [0, 0.05) is 5.92 Å². The van der Waals surface area contributed by atoms with Gasteiger partial charge in [0.25, 0.3) is 0 Å². The van der Waals surface area contributed by atoms with Gasteiger partial charge in [-0.15, -0.1) is 0 Å². The number of halogens is 1. The average molecular weight is 178 g/mol. The van der Waals surface area contributed by atoms with Gasteiger partial charge in [0.2, 0.25) is 0 Å². The number of Topliss-reactive ketones (excluding diaryl/α,β-unsaturated/α-hetero) is 1. The largest absolute Gasteiger partial charge is 0.294 e. The van der Waals surface area contributed by atoms with Crippen LogP contribution in [-0.2, 0) is 6.42 Å². The molecule has 13 heavy (non-hydrogen) atoms. The van der Waals surface area contributed by atoms with E-state index in [2.05, 4.69) is 0 Å². The zero-order valence-corrected chi connectivity index (χ0v) is 7.51. The lowest BCUT2D eigenvalue weighted by molar-refractivity contribution is 0.0909. The summed E-state index contributed by atoms with van der Waals surface area (Å²) in [6.07, 6.45) is 1.66. The Kier molecular flexibility index (Phi) is 1.91. The Morgan fingerprint density at radius 2 is 2.23 bits per heavy atom. The number of fused-ring (bicyclic) bond motifs is 1. The van der Waals surface area contributed by atoms with Crippen LogP contribution in [0.5, 0.6) is 0 Å². The van der Waals surface area contributed by atoms with Crippen LogP contribution in [0, 0.1) is 11.7 Å². The monoisotopic (exact) mass is 178 g/mol. The van der Waals surface area contributed by atoms with Gasteiger partial charge in [-0.05, 0) is 24.5 Å². The zero-order valence-electron chi connectivity index (χ0n) is 7.51. The van der Waals surface area contributed by atoms with E-state index in [1.165, 1.54) is 6.07 Å². The number of hydrogen-bond donors (Lipinski definition) is 0. The molecule has 1 aromatic rings. The van der Waals surface area contributed by atoms with Crippen molar-refractivity contribution in [1.29, 1.82) is 0 Å². The number of ketones is 1. The van der Waals surface area contributed by atoms with Crippen molar-refractivity contribution in [2.45, 2.75) is 19.8 Å². The molecule has 68 valence electrons. The maximum atomic E-state index is 13.3. The fraction of sp³-hybridized carbons (Fsp3) is 0.364. The molecule has 0 fully saturated rings. The third-order valence-corrected chi connectivity index (χ3v) is 2.64. The van der Waals surface area contributed by atoms with Crippen molar-refractivity contribution in [3.05, 3.63) is 35.1 Å². The Hall–Kier alpha value is -1.18. The maximum absolute atomic E-state index is 13.3. The second-order valence-corrected chi connectivity index (χ2v) is 3.58. The molecule has 1 atom stereocenters. The Labute approximate surface area is 76.6 Å². The highest BCUT2D eigenvalue weighted by atomic mass is 19.1. The predicted molar refractivity (Wildman–Crippen MR) is 48.2 cm³/mol. The summed E-state index contributed by atoms with van der Waals surface area (Å²) in [5.41, 5.74) is 1.18. The highest BCUT2D eigenvalue weighted by Crippen LogP contribution is 2.26. The fourth-order valence-electron chi connectivity index (χ4n) is 1.80. The Morgan fingerprint density at radius 3 is 3.00 bits per heavy atom. The van der Waals surface area contributed by atoms with Crippen LogP contribution in [0.25, 0.3) is 0 Å². The van der Waals surface area contributed by atoms with Gasteiger partial charge in [-0.1, -0.05) is 19.1 Å². The van der Waals surface area contributed by atoms with Gasteiger partial charge < -0.3 is 0 Å². The van der Waals surface area contributed by atoms with E-state index in [1.807, 2.05) is 13.0 Å². The van der Waals surface area contributed by atoms with Crippen LogP contribution in [0.3, 0.4) is 0 Å². The molecule has 1 aromatic carbocycles. The van der Waals surface area contributed by atoms with Crippen molar-refractivity contribution >= 4 is 5.78 Å². The molecule has 1 aliphatic carbocycles. The van der Waals surface area contributed by atoms with Crippen molar-refractivity contribution in [3.8, 4) is 0 Å². The molecule has 0 amide bonds. The highest BCUT2D eigenvalue weighted by Gasteiger charge is 2.26. The second-order valence-electron chi connectivity index (χ2n) is 3.58. The van der Waals surface area contributed by atoms with E-state index in [-0.39, 0.29) is 17.5 Å². The van der Waals surface area contributed by atoms with Gasteiger partial charge in [0.05, 0.1) is 5.56 Å². The van der Waals surface area contributed by atoms with E-state index in [4.69, 9.17) is 0 Å². The lowest BCUT2D eigenvalue weighted by atomic mass is 9.83. The van der Waals surface area contributed by atoms with Crippen molar-refractivity contribution in [1.82, 2.24) is 0 Å². The molecule has 0 radical (unpaired) electrons. The van der Waals surface area contributed by atoms with E-state index in [0.717, 1.165) is 18.4 Å². The third kappa shape index (κ3) is 1.26. The molecule has 0 bridgehead atoms. The molecule has 1 aliphatic rings. The number of rotatable bonds is 0. The number of aryl methyl sites for hydroxylation is 1. The predicted octanol–water partition coefficient (Wildman–Crippen LogP) is 2.59. The van der Waals surface area contributed by atoms with E-state index in [9.17, 15) is 9.18 Å². The Balaban J connectivity index is 2.57. The van der Waals surface area contributed by atoms with Gasteiger partial charge in [-0.2, -0.15) is 0 Å². The molecule has 0 heterocycles. The van der Waals surface area contributed by atoms with Crippen molar-refractivity contribution in [2.24, 2.45) is 5.92 Å². The number of carbonyl (C=O) groups excluding carboxylic acids is 1. The molecule has 2 heteroatoms. The van der Waals surface area contributed by atoms with Gasteiger partial charge in [0.1, 0.15) is 5.82 Å². The Bertz CT molecular complexity index is 357. The average Bonchev–Trinajstić information content (AvgIpc) is 2.12. The summed E-state index contributed by atoms with van der Waals surface area (Å²) >= 11 is 0. The van der Waals surface area contributed by atoms with Crippen LogP contribution in [0.15, 0.2) is 18.2 Å². The first-order chi connectivity index (χ1) is 6.20. The standard InChI is InChI=1S/C11H11FO/c1-7-5-6-8-3-2-4-9(12)10(8)11(7)13/h2-4,7H,5-6H2,1H3. The molecular weight excluding hydrogens is 167 g/mol. The quantitative estimate of drug-likeness (QED) is 0.596. The van der Waals surface area contributed by atoms with Gasteiger partial charge in [-0.3, -0.25) is 4.79 Å². The lowest BCUT2D eigenvalue weighted by Gasteiger charge is -2.20. The molecule has 0 saturated carbocycles. The number of benzene rings is 1. The van der Waals surface area contributed by atoms with E-state index < -0.39 is 0 Å².